The molecule has 1 aromatic carbocycles. The van der Waals surface area contributed by atoms with Crippen LogP contribution >= 0.6 is 11.3 Å². The fraction of sp³-hybridized carbons (Fsp3) is 0.167. The van der Waals surface area contributed by atoms with Crippen molar-refractivity contribution in [2.75, 3.05) is 5.32 Å². The van der Waals surface area contributed by atoms with Gasteiger partial charge in [0, 0.05) is 30.0 Å². The van der Waals surface area contributed by atoms with Gasteiger partial charge in [0.25, 0.3) is 5.91 Å². The zero-order chi connectivity index (χ0) is 16.9. The number of hydrogen-bond donors (Lipinski definition) is 2. The molecule has 1 amide bonds. The van der Waals surface area contributed by atoms with Crippen molar-refractivity contribution in [1.82, 2.24) is 15.3 Å². The first-order valence-electron chi connectivity index (χ1n) is 7.59. The maximum atomic E-state index is 12.2. The summed E-state index contributed by atoms with van der Waals surface area (Å²) in [5.41, 5.74) is 4.73. The topological polar surface area (TPSA) is 66.9 Å². The van der Waals surface area contributed by atoms with Crippen molar-refractivity contribution in [2.24, 2.45) is 0 Å². The molecule has 2 aromatic heterocycles. The predicted octanol–water partition coefficient (Wildman–Crippen LogP) is 3.83. The molecule has 122 valence electrons. The van der Waals surface area contributed by atoms with Gasteiger partial charge in [0.1, 0.15) is 5.69 Å². The molecule has 0 fully saturated rings. The third-order valence-corrected chi connectivity index (χ3v) is 4.29. The Morgan fingerprint density at radius 1 is 1.25 bits per heavy atom. The van der Waals surface area contributed by atoms with E-state index >= 15 is 0 Å². The van der Waals surface area contributed by atoms with Crippen LogP contribution < -0.4 is 10.6 Å². The molecule has 3 aromatic rings. The van der Waals surface area contributed by atoms with Gasteiger partial charge in [0.2, 0.25) is 0 Å². The number of nitrogens with zero attached hydrogens (tertiary/aromatic N) is 2. The third kappa shape index (κ3) is 3.97. The molecule has 0 spiro atoms. The number of benzene rings is 1. The highest BCUT2D eigenvalue weighted by Gasteiger charge is 2.11. The highest BCUT2D eigenvalue weighted by Crippen LogP contribution is 2.24. The molecule has 6 heteroatoms. The van der Waals surface area contributed by atoms with Crippen LogP contribution in [0.1, 0.15) is 27.2 Å². The number of aromatic nitrogens is 2. The maximum absolute atomic E-state index is 12.2. The number of amides is 1. The van der Waals surface area contributed by atoms with E-state index in [1.54, 1.807) is 17.8 Å². The van der Waals surface area contributed by atoms with Crippen molar-refractivity contribution in [3.63, 3.8) is 0 Å². The number of carbonyl (C=O) groups is 1. The van der Waals surface area contributed by atoms with E-state index in [-0.39, 0.29) is 5.91 Å². The minimum Gasteiger partial charge on any atom is -0.347 e. The van der Waals surface area contributed by atoms with E-state index in [0.29, 0.717) is 17.4 Å². The molecular formula is C18H18N4OS. The largest absolute Gasteiger partial charge is 0.347 e. The zero-order valence-electron chi connectivity index (χ0n) is 13.5. The van der Waals surface area contributed by atoms with Crippen molar-refractivity contribution in [1.29, 1.82) is 0 Å². The predicted molar refractivity (Wildman–Crippen MR) is 96.7 cm³/mol. The highest BCUT2D eigenvalue weighted by molar-refractivity contribution is 7.14. The standard InChI is InChI=1S/C18H18N4OS/c1-12-5-6-15(13(2)8-12)21-18-22-16(11-24-18)17(23)20-10-14-4-3-7-19-9-14/h3-9,11H,10H2,1-2H3,(H,20,23)(H,21,22). The van der Waals surface area contributed by atoms with Crippen LogP contribution in [-0.2, 0) is 6.54 Å². The summed E-state index contributed by atoms with van der Waals surface area (Å²) >= 11 is 1.41. The lowest BCUT2D eigenvalue weighted by molar-refractivity contribution is 0.0946. The van der Waals surface area contributed by atoms with Gasteiger partial charge in [-0.05, 0) is 37.1 Å². The van der Waals surface area contributed by atoms with Crippen LogP contribution in [-0.4, -0.2) is 15.9 Å². The minimum atomic E-state index is -0.191. The molecule has 0 bridgehead atoms. The van der Waals surface area contributed by atoms with E-state index in [1.165, 1.54) is 16.9 Å². The van der Waals surface area contributed by atoms with Gasteiger partial charge in [0.05, 0.1) is 0 Å². The van der Waals surface area contributed by atoms with Crippen LogP contribution in [0.2, 0.25) is 0 Å². The molecular weight excluding hydrogens is 320 g/mol. The van der Waals surface area contributed by atoms with E-state index in [2.05, 4.69) is 33.6 Å². The molecule has 0 radical (unpaired) electrons. The van der Waals surface area contributed by atoms with Gasteiger partial charge < -0.3 is 10.6 Å². The summed E-state index contributed by atoms with van der Waals surface area (Å²) in [5.74, 6) is -0.191. The van der Waals surface area contributed by atoms with E-state index in [0.717, 1.165) is 16.8 Å². The Balaban J connectivity index is 1.63. The van der Waals surface area contributed by atoms with Crippen LogP contribution in [0.4, 0.5) is 10.8 Å². The summed E-state index contributed by atoms with van der Waals surface area (Å²) in [6.45, 7) is 4.54. The average molecular weight is 338 g/mol. The molecule has 3 rings (SSSR count). The van der Waals surface area contributed by atoms with Crippen LogP contribution in [0.15, 0.2) is 48.1 Å². The number of thiazole rings is 1. The van der Waals surface area contributed by atoms with Crippen molar-refractivity contribution in [3.8, 4) is 0 Å². The SMILES string of the molecule is Cc1ccc(Nc2nc(C(=O)NCc3cccnc3)cs2)c(C)c1. The normalized spacial score (nSPS) is 10.4. The van der Waals surface area contributed by atoms with Crippen LogP contribution in [0.5, 0.6) is 0 Å². The summed E-state index contributed by atoms with van der Waals surface area (Å²) < 4.78 is 0. The second-order valence-electron chi connectivity index (χ2n) is 5.53. The van der Waals surface area contributed by atoms with Gasteiger partial charge in [-0.1, -0.05) is 23.8 Å². The van der Waals surface area contributed by atoms with Crippen molar-refractivity contribution in [3.05, 3.63) is 70.5 Å². The monoisotopic (exact) mass is 338 g/mol. The average Bonchev–Trinajstić information content (AvgIpc) is 3.05. The number of hydrogen-bond acceptors (Lipinski definition) is 5. The second kappa shape index (κ2) is 7.23. The van der Waals surface area contributed by atoms with Crippen LogP contribution in [0, 0.1) is 13.8 Å². The van der Waals surface area contributed by atoms with Crippen molar-refractivity contribution < 1.29 is 4.79 Å². The molecule has 24 heavy (non-hydrogen) atoms. The maximum Gasteiger partial charge on any atom is 0.271 e. The van der Waals surface area contributed by atoms with E-state index in [9.17, 15) is 4.79 Å². The van der Waals surface area contributed by atoms with Gasteiger partial charge >= 0.3 is 0 Å². The number of pyridine rings is 1. The van der Waals surface area contributed by atoms with E-state index in [4.69, 9.17) is 0 Å². The molecule has 0 aliphatic heterocycles. The Kier molecular flexibility index (Phi) is 4.86. The molecule has 2 heterocycles. The Morgan fingerprint density at radius 2 is 2.12 bits per heavy atom. The first-order chi connectivity index (χ1) is 11.6. The highest BCUT2D eigenvalue weighted by atomic mass is 32.1. The van der Waals surface area contributed by atoms with E-state index < -0.39 is 0 Å². The lowest BCUT2D eigenvalue weighted by Gasteiger charge is -2.07. The molecule has 2 N–H and O–H groups in total. The van der Waals surface area contributed by atoms with Gasteiger partial charge in [-0.3, -0.25) is 9.78 Å². The summed E-state index contributed by atoms with van der Waals surface area (Å²) in [6, 6.07) is 9.94. The van der Waals surface area contributed by atoms with Gasteiger partial charge in [-0.25, -0.2) is 4.98 Å². The lowest BCUT2D eigenvalue weighted by Crippen LogP contribution is -2.23. The Hall–Kier alpha value is -2.73. The summed E-state index contributed by atoms with van der Waals surface area (Å²) in [4.78, 5) is 20.6. The smallest absolute Gasteiger partial charge is 0.271 e. The molecule has 0 atom stereocenters. The van der Waals surface area contributed by atoms with Crippen molar-refractivity contribution >= 4 is 28.1 Å². The zero-order valence-corrected chi connectivity index (χ0v) is 14.4. The molecule has 0 saturated carbocycles. The number of nitrogens with one attached hydrogen (secondary N) is 2. The molecule has 5 nitrogen and oxygen atoms in total. The molecule has 0 aliphatic carbocycles. The Morgan fingerprint density at radius 3 is 2.88 bits per heavy atom. The first-order valence-corrected chi connectivity index (χ1v) is 8.47. The third-order valence-electron chi connectivity index (χ3n) is 3.54. The fourth-order valence-corrected chi connectivity index (χ4v) is 2.98. The van der Waals surface area contributed by atoms with Crippen molar-refractivity contribution in [2.45, 2.75) is 20.4 Å². The van der Waals surface area contributed by atoms with Gasteiger partial charge in [-0.15, -0.1) is 11.3 Å². The van der Waals surface area contributed by atoms with Crippen LogP contribution in [0.3, 0.4) is 0 Å². The number of anilines is 2. The van der Waals surface area contributed by atoms with Gasteiger partial charge in [0.15, 0.2) is 5.13 Å². The minimum absolute atomic E-state index is 0.191. The second-order valence-corrected chi connectivity index (χ2v) is 6.38. The Bertz CT molecular complexity index is 845. The molecule has 0 aliphatic rings. The van der Waals surface area contributed by atoms with Gasteiger partial charge in [-0.2, -0.15) is 0 Å². The summed E-state index contributed by atoms with van der Waals surface area (Å²) in [5, 5.41) is 8.57. The number of carbonyl (C=O) groups excluding carboxylic acids is 1. The molecule has 0 saturated heterocycles. The molecule has 0 unspecified atom stereocenters. The summed E-state index contributed by atoms with van der Waals surface area (Å²) in [7, 11) is 0. The Labute approximate surface area is 144 Å². The lowest BCUT2D eigenvalue weighted by atomic mass is 10.1. The number of rotatable bonds is 5. The van der Waals surface area contributed by atoms with Crippen LogP contribution in [0.25, 0.3) is 0 Å². The van der Waals surface area contributed by atoms with E-state index in [1.807, 2.05) is 31.2 Å². The first kappa shape index (κ1) is 16.1. The number of aryl methyl sites for hydroxylation is 2. The quantitative estimate of drug-likeness (QED) is 0.742. The fourth-order valence-electron chi connectivity index (χ4n) is 2.28. The summed E-state index contributed by atoms with van der Waals surface area (Å²) in [6.07, 6.45) is 3.44.